The van der Waals surface area contributed by atoms with E-state index in [1.807, 2.05) is 24.3 Å². The largest absolute Gasteiger partial charge is 0.497 e. The van der Waals surface area contributed by atoms with E-state index in [0.717, 1.165) is 24.3 Å². The molecule has 3 nitrogen and oxygen atoms in total. The molecule has 2 atom stereocenters. The molecule has 1 aliphatic heterocycles. The second kappa shape index (κ2) is 6.83. The molecule has 2 saturated carbocycles. The molecule has 1 amide bonds. The van der Waals surface area contributed by atoms with Gasteiger partial charge in [-0.25, -0.2) is 0 Å². The molecule has 0 radical (unpaired) electrons. The van der Waals surface area contributed by atoms with Crippen molar-refractivity contribution in [3.05, 3.63) is 24.3 Å². The lowest BCUT2D eigenvalue weighted by molar-refractivity contribution is -0.122. The van der Waals surface area contributed by atoms with E-state index in [2.05, 4.69) is 28.8 Å². The van der Waals surface area contributed by atoms with Crippen LogP contribution in [0.4, 0.5) is 5.69 Å². The normalized spacial score (nSPS) is 31.0. The monoisotopic (exact) mass is 363 g/mol. The van der Waals surface area contributed by atoms with E-state index in [0.29, 0.717) is 15.9 Å². The molecular formula is C19H25NO2S2. The van der Waals surface area contributed by atoms with Gasteiger partial charge in [0.05, 0.1) is 11.2 Å². The van der Waals surface area contributed by atoms with E-state index in [1.165, 1.54) is 30.8 Å². The second-order valence-electron chi connectivity index (χ2n) is 7.13. The second-order valence-corrected chi connectivity index (χ2v) is 10.1. The maximum Gasteiger partial charge on any atom is 0.227 e. The molecule has 2 bridgehead atoms. The number of thioether (sulfide) groups is 2. The van der Waals surface area contributed by atoms with Gasteiger partial charge in [-0.05, 0) is 61.8 Å². The number of hydrogen-bond donors (Lipinski definition) is 1. The van der Waals surface area contributed by atoms with Crippen LogP contribution < -0.4 is 10.1 Å². The van der Waals surface area contributed by atoms with Crippen LogP contribution in [0.3, 0.4) is 0 Å². The quantitative estimate of drug-likeness (QED) is 0.849. The summed E-state index contributed by atoms with van der Waals surface area (Å²) >= 11 is 4.39. The summed E-state index contributed by atoms with van der Waals surface area (Å²) < 4.78 is 5.62. The van der Waals surface area contributed by atoms with Crippen LogP contribution in [0.15, 0.2) is 24.3 Å². The lowest BCUT2D eigenvalue weighted by Gasteiger charge is -2.52. The van der Waals surface area contributed by atoms with Crippen molar-refractivity contribution in [3.8, 4) is 5.75 Å². The van der Waals surface area contributed by atoms with Crippen molar-refractivity contribution in [2.24, 2.45) is 17.8 Å². The number of rotatable bonds is 3. The van der Waals surface area contributed by atoms with Crippen molar-refractivity contribution in [1.29, 1.82) is 0 Å². The first-order chi connectivity index (χ1) is 11.7. The van der Waals surface area contributed by atoms with Crippen molar-refractivity contribution < 1.29 is 9.53 Å². The summed E-state index contributed by atoms with van der Waals surface area (Å²) in [6.45, 7) is 0. The van der Waals surface area contributed by atoms with E-state index < -0.39 is 0 Å². The van der Waals surface area contributed by atoms with E-state index in [4.69, 9.17) is 4.74 Å². The number of nitrogens with one attached hydrogen (secondary N) is 1. The Morgan fingerprint density at radius 1 is 1.12 bits per heavy atom. The molecular weight excluding hydrogens is 338 g/mol. The number of amides is 1. The molecule has 3 fully saturated rings. The molecule has 1 saturated heterocycles. The molecule has 1 aromatic rings. The van der Waals surface area contributed by atoms with Gasteiger partial charge in [-0.1, -0.05) is 6.42 Å². The molecule has 0 aromatic heterocycles. The SMILES string of the molecule is COc1ccc(NC(=O)C2CC3CCCC(C2)C32SCCS2)cc1. The van der Waals surface area contributed by atoms with Crippen molar-refractivity contribution in [1.82, 2.24) is 0 Å². The fourth-order valence-electron chi connectivity index (χ4n) is 4.74. The summed E-state index contributed by atoms with van der Waals surface area (Å²) in [5.74, 6) is 5.22. The summed E-state index contributed by atoms with van der Waals surface area (Å²) in [5, 5.41) is 3.12. The van der Waals surface area contributed by atoms with Crippen molar-refractivity contribution in [2.45, 2.75) is 36.2 Å². The van der Waals surface area contributed by atoms with E-state index in [-0.39, 0.29) is 11.8 Å². The van der Waals surface area contributed by atoms with Gasteiger partial charge in [0.25, 0.3) is 0 Å². The highest BCUT2D eigenvalue weighted by atomic mass is 32.2. The number of ether oxygens (including phenoxy) is 1. The van der Waals surface area contributed by atoms with Crippen molar-refractivity contribution >= 4 is 35.1 Å². The van der Waals surface area contributed by atoms with Crippen LogP contribution in [0.2, 0.25) is 0 Å². The lowest BCUT2D eigenvalue weighted by atomic mass is 9.67. The highest BCUT2D eigenvalue weighted by molar-refractivity contribution is 8.21. The Bertz CT molecular complexity index is 582. The molecule has 5 heteroatoms. The summed E-state index contributed by atoms with van der Waals surface area (Å²) in [5.41, 5.74) is 0.871. The third-order valence-corrected chi connectivity index (χ3v) is 9.87. The molecule has 1 aromatic carbocycles. The van der Waals surface area contributed by atoms with Crippen LogP contribution in [0.25, 0.3) is 0 Å². The number of carbonyl (C=O) groups is 1. The predicted molar refractivity (Wildman–Crippen MR) is 103 cm³/mol. The third-order valence-electron chi connectivity index (χ3n) is 5.85. The van der Waals surface area contributed by atoms with E-state index in [9.17, 15) is 4.79 Å². The Morgan fingerprint density at radius 3 is 2.33 bits per heavy atom. The highest BCUT2D eigenvalue weighted by Gasteiger charge is 2.55. The number of carbonyl (C=O) groups excluding carboxylic acids is 1. The number of methoxy groups -OCH3 is 1. The fourth-order valence-corrected chi connectivity index (χ4v) is 8.68. The molecule has 24 heavy (non-hydrogen) atoms. The molecule has 130 valence electrons. The van der Waals surface area contributed by atoms with E-state index >= 15 is 0 Å². The van der Waals surface area contributed by atoms with Crippen LogP contribution in [0.5, 0.6) is 5.75 Å². The molecule has 3 aliphatic rings. The van der Waals surface area contributed by atoms with Gasteiger partial charge < -0.3 is 10.1 Å². The first kappa shape index (κ1) is 16.6. The molecule has 1 heterocycles. The molecule has 4 rings (SSSR count). The van der Waals surface area contributed by atoms with Crippen LogP contribution in [-0.4, -0.2) is 28.6 Å². The summed E-state index contributed by atoms with van der Waals surface area (Å²) in [4.78, 5) is 12.8. The van der Waals surface area contributed by atoms with Gasteiger partial charge in [-0.3, -0.25) is 4.79 Å². The summed E-state index contributed by atoms with van der Waals surface area (Å²) in [7, 11) is 1.66. The van der Waals surface area contributed by atoms with Crippen LogP contribution >= 0.6 is 23.5 Å². The standard InChI is InChI=1S/C19H25NO2S2/c1-22-17-7-5-16(6-8-17)20-18(21)13-11-14-3-2-4-15(12-13)19(14)23-9-10-24-19/h5-8,13-15H,2-4,9-12H2,1H3,(H,20,21). The highest BCUT2D eigenvalue weighted by Crippen LogP contribution is 2.64. The van der Waals surface area contributed by atoms with Gasteiger partial charge in [0.2, 0.25) is 5.91 Å². The van der Waals surface area contributed by atoms with Crippen LogP contribution in [0, 0.1) is 17.8 Å². The average Bonchev–Trinajstić information content (AvgIpc) is 3.05. The van der Waals surface area contributed by atoms with Gasteiger partial charge in [0.1, 0.15) is 5.75 Å². The van der Waals surface area contributed by atoms with Gasteiger partial charge in [0.15, 0.2) is 0 Å². The van der Waals surface area contributed by atoms with Crippen molar-refractivity contribution in [3.63, 3.8) is 0 Å². The number of benzene rings is 1. The predicted octanol–water partition coefficient (Wildman–Crippen LogP) is 4.64. The van der Waals surface area contributed by atoms with E-state index in [1.54, 1.807) is 7.11 Å². The Morgan fingerprint density at radius 2 is 1.75 bits per heavy atom. The minimum Gasteiger partial charge on any atom is -0.497 e. The molecule has 2 aliphatic carbocycles. The Kier molecular flexibility index (Phi) is 4.74. The molecule has 1 spiro atoms. The zero-order valence-electron chi connectivity index (χ0n) is 14.1. The Hall–Kier alpha value is -0.810. The lowest BCUT2D eigenvalue weighted by Crippen LogP contribution is -2.48. The average molecular weight is 364 g/mol. The van der Waals surface area contributed by atoms with Gasteiger partial charge >= 0.3 is 0 Å². The minimum atomic E-state index is 0.176. The summed E-state index contributed by atoms with van der Waals surface area (Å²) in [6, 6.07) is 7.63. The number of anilines is 1. The third kappa shape index (κ3) is 2.94. The minimum absolute atomic E-state index is 0.176. The fraction of sp³-hybridized carbons (Fsp3) is 0.632. The topological polar surface area (TPSA) is 38.3 Å². The summed E-state index contributed by atoms with van der Waals surface area (Å²) in [6.07, 6.45) is 6.10. The molecule has 2 unspecified atom stereocenters. The zero-order valence-corrected chi connectivity index (χ0v) is 15.8. The first-order valence-corrected chi connectivity index (χ1v) is 10.9. The number of hydrogen-bond acceptors (Lipinski definition) is 4. The first-order valence-electron chi connectivity index (χ1n) is 8.94. The van der Waals surface area contributed by atoms with Gasteiger partial charge in [0, 0.05) is 23.1 Å². The molecule has 1 N–H and O–H groups in total. The van der Waals surface area contributed by atoms with Crippen LogP contribution in [0.1, 0.15) is 32.1 Å². The van der Waals surface area contributed by atoms with Crippen molar-refractivity contribution in [2.75, 3.05) is 23.9 Å². The Balaban J connectivity index is 1.44. The maximum absolute atomic E-state index is 12.8. The maximum atomic E-state index is 12.8. The Labute approximate surface area is 152 Å². The van der Waals surface area contributed by atoms with Crippen LogP contribution in [-0.2, 0) is 4.79 Å². The van der Waals surface area contributed by atoms with Gasteiger partial charge in [-0.15, -0.1) is 23.5 Å². The zero-order chi connectivity index (χ0) is 16.6. The van der Waals surface area contributed by atoms with Gasteiger partial charge in [-0.2, -0.15) is 0 Å². The smallest absolute Gasteiger partial charge is 0.227 e.